The summed E-state index contributed by atoms with van der Waals surface area (Å²) in [5.74, 6) is -0.724. The minimum atomic E-state index is -0.907. The fourth-order valence-corrected chi connectivity index (χ4v) is 2.85. The second-order valence-corrected chi connectivity index (χ2v) is 5.47. The van der Waals surface area contributed by atoms with E-state index < -0.39 is 11.5 Å². The van der Waals surface area contributed by atoms with Gasteiger partial charge in [0, 0.05) is 5.69 Å². The molecule has 0 atom stereocenters. The third kappa shape index (κ3) is 3.45. The van der Waals surface area contributed by atoms with Crippen LogP contribution in [0.2, 0.25) is 0 Å². The lowest BCUT2D eigenvalue weighted by Gasteiger charge is -2.29. The minimum Gasteiger partial charge on any atom is -0.497 e. The number of carboxylic acids is 1. The maximum atomic E-state index is 12.4. The van der Waals surface area contributed by atoms with Gasteiger partial charge < -0.3 is 20.9 Å². The topological polar surface area (TPSA) is 102 Å². The second kappa shape index (κ2) is 6.03. The Morgan fingerprint density at radius 3 is 2.62 bits per heavy atom. The summed E-state index contributed by atoms with van der Waals surface area (Å²) in [7, 11) is 1.51. The smallest absolute Gasteiger partial charge is 0.305 e. The van der Waals surface area contributed by atoms with Crippen molar-refractivity contribution in [2.75, 3.05) is 12.8 Å². The number of hydrogen-bond donors (Lipinski definition) is 3. The van der Waals surface area contributed by atoms with Gasteiger partial charge in [0.15, 0.2) is 0 Å². The summed E-state index contributed by atoms with van der Waals surface area (Å²) in [4.78, 5) is 23.5. The first-order valence-electron chi connectivity index (χ1n) is 6.94. The van der Waals surface area contributed by atoms with Gasteiger partial charge in [-0.05, 0) is 31.0 Å². The summed E-state index contributed by atoms with van der Waals surface area (Å²) in [5, 5.41) is 11.9. The summed E-state index contributed by atoms with van der Waals surface area (Å²) in [6.45, 7) is 0. The number of nitrogen functional groups attached to an aromatic ring is 1. The van der Waals surface area contributed by atoms with Gasteiger partial charge in [0.05, 0.1) is 24.6 Å². The molecule has 1 fully saturated rings. The average molecular weight is 292 g/mol. The number of amides is 1. The maximum Gasteiger partial charge on any atom is 0.305 e. The monoisotopic (exact) mass is 292 g/mol. The molecule has 0 bridgehead atoms. The number of carbonyl (C=O) groups excluding carboxylic acids is 1. The van der Waals surface area contributed by atoms with Crippen LogP contribution in [0.3, 0.4) is 0 Å². The van der Waals surface area contributed by atoms with Crippen molar-refractivity contribution in [1.82, 2.24) is 5.32 Å². The van der Waals surface area contributed by atoms with Crippen molar-refractivity contribution < 1.29 is 19.4 Å². The van der Waals surface area contributed by atoms with E-state index in [9.17, 15) is 9.59 Å². The third-order valence-electron chi connectivity index (χ3n) is 3.93. The van der Waals surface area contributed by atoms with Crippen molar-refractivity contribution in [3.63, 3.8) is 0 Å². The Morgan fingerprint density at radius 2 is 2.05 bits per heavy atom. The summed E-state index contributed by atoms with van der Waals surface area (Å²) in [6.07, 6.45) is 3.12. The molecule has 0 aromatic heterocycles. The number of hydrogen-bond acceptors (Lipinski definition) is 4. The molecule has 0 radical (unpaired) electrons. The summed E-state index contributed by atoms with van der Waals surface area (Å²) < 4.78 is 5.09. The van der Waals surface area contributed by atoms with E-state index in [1.54, 1.807) is 18.2 Å². The van der Waals surface area contributed by atoms with Gasteiger partial charge >= 0.3 is 5.97 Å². The van der Waals surface area contributed by atoms with Gasteiger partial charge in [-0.1, -0.05) is 12.8 Å². The number of carbonyl (C=O) groups is 2. The SMILES string of the molecule is COc1ccc(N)c(C(=O)NC2(CC(=O)O)CCCC2)c1. The van der Waals surface area contributed by atoms with Crippen LogP contribution in [0.25, 0.3) is 0 Å². The lowest BCUT2D eigenvalue weighted by Crippen LogP contribution is -2.48. The number of ether oxygens (including phenoxy) is 1. The molecule has 21 heavy (non-hydrogen) atoms. The molecular formula is C15H20N2O4. The number of aliphatic carboxylic acids is 1. The molecule has 0 heterocycles. The Kier molecular flexibility index (Phi) is 4.35. The molecule has 6 heteroatoms. The van der Waals surface area contributed by atoms with E-state index >= 15 is 0 Å². The zero-order valence-corrected chi connectivity index (χ0v) is 12.0. The van der Waals surface area contributed by atoms with Crippen LogP contribution in [0.4, 0.5) is 5.69 Å². The standard InChI is InChI=1S/C15H20N2O4/c1-21-10-4-5-12(16)11(8-10)14(20)17-15(9-13(18)19)6-2-3-7-15/h4-5,8H,2-3,6-7,9,16H2,1H3,(H,17,20)(H,18,19). The molecule has 1 aromatic rings. The van der Waals surface area contributed by atoms with E-state index in [2.05, 4.69) is 5.32 Å². The van der Waals surface area contributed by atoms with Crippen LogP contribution < -0.4 is 15.8 Å². The maximum absolute atomic E-state index is 12.4. The second-order valence-electron chi connectivity index (χ2n) is 5.47. The molecule has 0 aliphatic heterocycles. The first kappa shape index (κ1) is 15.2. The summed E-state index contributed by atoms with van der Waals surface area (Å²) >= 11 is 0. The normalized spacial score (nSPS) is 16.4. The van der Waals surface area contributed by atoms with E-state index in [4.69, 9.17) is 15.6 Å². The number of rotatable bonds is 5. The fraction of sp³-hybridized carbons (Fsp3) is 0.467. The molecular weight excluding hydrogens is 272 g/mol. The number of benzene rings is 1. The van der Waals surface area contributed by atoms with Gasteiger partial charge in [0.1, 0.15) is 5.75 Å². The molecule has 4 N–H and O–H groups in total. The van der Waals surface area contributed by atoms with Gasteiger partial charge in [-0.25, -0.2) is 0 Å². The van der Waals surface area contributed by atoms with Gasteiger partial charge in [-0.15, -0.1) is 0 Å². The Bertz CT molecular complexity index is 551. The molecule has 1 aliphatic carbocycles. The van der Waals surface area contributed by atoms with Crippen molar-refractivity contribution in [1.29, 1.82) is 0 Å². The Hall–Kier alpha value is -2.24. The fourth-order valence-electron chi connectivity index (χ4n) is 2.85. The zero-order valence-electron chi connectivity index (χ0n) is 12.0. The third-order valence-corrected chi connectivity index (χ3v) is 3.93. The molecule has 1 aliphatic rings. The van der Waals surface area contributed by atoms with Crippen LogP contribution in [0.15, 0.2) is 18.2 Å². The van der Waals surface area contributed by atoms with Crippen molar-refractivity contribution in [2.45, 2.75) is 37.6 Å². The molecule has 1 aromatic carbocycles. The lowest BCUT2D eigenvalue weighted by molar-refractivity contribution is -0.138. The first-order chi connectivity index (χ1) is 9.96. The Balaban J connectivity index is 2.21. The largest absolute Gasteiger partial charge is 0.497 e. The van der Waals surface area contributed by atoms with E-state index in [1.807, 2.05) is 0 Å². The van der Waals surface area contributed by atoms with Crippen molar-refractivity contribution in [3.05, 3.63) is 23.8 Å². The first-order valence-corrected chi connectivity index (χ1v) is 6.94. The molecule has 0 unspecified atom stereocenters. The lowest BCUT2D eigenvalue weighted by atomic mass is 9.92. The van der Waals surface area contributed by atoms with Crippen LogP contribution in [0.5, 0.6) is 5.75 Å². The van der Waals surface area contributed by atoms with Crippen molar-refractivity contribution in [2.24, 2.45) is 0 Å². The Morgan fingerprint density at radius 1 is 1.38 bits per heavy atom. The van der Waals surface area contributed by atoms with Crippen LogP contribution >= 0.6 is 0 Å². The number of anilines is 1. The molecule has 1 amide bonds. The zero-order chi connectivity index (χ0) is 15.5. The predicted molar refractivity (Wildman–Crippen MR) is 78.3 cm³/mol. The van der Waals surface area contributed by atoms with Crippen LogP contribution in [0, 0.1) is 0 Å². The number of nitrogens with one attached hydrogen (secondary N) is 1. The van der Waals surface area contributed by atoms with Crippen LogP contribution in [0.1, 0.15) is 42.5 Å². The molecule has 114 valence electrons. The predicted octanol–water partition coefficient (Wildman–Crippen LogP) is 1.79. The summed E-state index contributed by atoms with van der Waals surface area (Å²) in [6, 6.07) is 4.84. The van der Waals surface area contributed by atoms with Gasteiger partial charge in [-0.3, -0.25) is 9.59 Å². The van der Waals surface area contributed by atoms with E-state index in [-0.39, 0.29) is 12.3 Å². The number of methoxy groups -OCH3 is 1. The van der Waals surface area contributed by atoms with Gasteiger partial charge in [0.2, 0.25) is 0 Å². The van der Waals surface area contributed by atoms with E-state index in [1.165, 1.54) is 7.11 Å². The van der Waals surface area contributed by atoms with E-state index in [0.29, 0.717) is 29.8 Å². The number of nitrogens with two attached hydrogens (primary N) is 1. The molecule has 0 spiro atoms. The van der Waals surface area contributed by atoms with Gasteiger partial charge in [0.25, 0.3) is 5.91 Å². The van der Waals surface area contributed by atoms with E-state index in [0.717, 1.165) is 12.8 Å². The Labute approximate surface area is 123 Å². The van der Waals surface area contributed by atoms with Gasteiger partial charge in [-0.2, -0.15) is 0 Å². The molecule has 0 saturated heterocycles. The quantitative estimate of drug-likeness (QED) is 0.718. The highest BCUT2D eigenvalue weighted by Gasteiger charge is 2.37. The number of carboxylic acid groups (broad SMARTS) is 1. The van der Waals surface area contributed by atoms with Crippen molar-refractivity contribution in [3.8, 4) is 5.75 Å². The van der Waals surface area contributed by atoms with Crippen LogP contribution in [-0.2, 0) is 4.79 Å². The highest BCUT2D eigenvalue weighted by molar-refractivity contribution is 6.00. The molecule has 1 saturated carbocycles. The molecule has 2 rings (SSSR count). The van der Waals surface area contributed by atoms with Crippen molar-refractivity contribution >= 4 is 17.6 Å². The average Bonchev–Trinajstić information content (AvgIpc) is 2.86. The minimum absolute atomic E-state index is 0.0669. The highest BCUT2D eigenvalue weighted by atomic mass is 16.5. The summed E-state index contributed by atoms with van der Waals surface area (Å²) in [5.41, 5.74) is 5.82. The molecule has 6 nitrogen and oxygen atoms in total. The highest BCUT2D eigenvalue weighted by Crippen LogP contribution is 2.33. The van der Waals surface area contributed by atoms with Crippen LogP contribution in [-0.4, -0.2) is 29.6 Å².